The van der Waals surface area contributed by atoms with Crippen LogP contribution in [0.25, 0.3) is 16.7 Å². The Kier molecular flexibility index (Phi) is 3.99. The minimum atomic E-state index is -0.323. The zero-order valence-corrected chi connectivity index (χ0v) is 14.0. The molecule has 4 rings (SSSR count). The molecule has 0 aliphatic heterocycles. The first-order valence-electron chi connectivity index (χ1n) is 7.19. The Balaban J connectivity index is 1.77. The van der Waals surface area contributed by atoms with E-state index >= 15 is 0 Å². The summed E-state index contributed by atoms with van der Waals surface area (Å²) in [6.07, 6.45) is 2.95. The predicted octanol–water partition coefficient (Wildman–Crippen LogP) is 5.05. The van der Waals surface area contributed by atoms with E-state index in [-0.39, 0.29) is 5.82 Å². The zero-order chi connectivity index (χ0) is 17.4. The van der Waals surface area contributed by atoms with Crippen molar-refractivity contribution < 1.29 is 9.13 Å². The van der Waals surface area contributed by atoms with Gasteiger partial charge in [0.15, 0.2) is 5.65 Å². The third-order valence-electron chi connectivity index (χ3n) is 3.50. The van der Waals surface area contributed by atoms with Crippen molar-refractivity contribution in [3.05, 3.63) is 70.9 Å². The van der Waals surface area contributed by atoms with E-state index < -0.39 is 0 Å². The molecule has 25 heavy (non-hydrogen) atoms. The van der Waals surface area contributed by atoms with Crippen LogP contribution in [0, 0.1) is 5.82 Å². The van der Waals surface area contributed by atoms with E-state index in [9.17, 15) is 4.39 Å². The minimum Gasteiger partial charge on any atom is -0.437 e. The molecular formula is C17H9Cl2FN4O. The van der Waals surface area contributed by atoms with Gasteiger partial charge in [-0.1, -0.05) is 23.2 Å². The van der Waals surface area contributed by atoms with Crippen molar-refractivity contribution >= 4 is 34.2 Å². The van der Waals surface area contributed by atoms with Gasteiger partial charge in [0, 0.05) is 5.02 Å². The molecule has 8 heteroatoms. The Hall–Kier alpha value is -2.70. The highest BCUT2D eigenvalue weighted by molar-refractivity contribution is 6.35. The number of hydrogen-bond donors (Lipinski definition) is 0. The molecule has 4 aromatic rings. The number of aromatic nitrogens is 4. The van der Waals surface area contributed by atoms with Crippen LogP contribution >= 0.6 is 23.2 Å². The highest BCUT2D eigenvalue weighted by Gasteiger charge is 2.14. The summed E-state index contributed by atoms with van der Waals surface area (Å²) in [7, 11) is 0. The van der Waals surface area contributed by atoms with Gasteiger partial charge in [-0.3, -0.25) is 0 Å². The van der Waals surface area contributed by atoms with Gasteiger partial charge in [-0.25, -0.2) is 19.0 Å². The van der Waals surface area contributed by atoms with Crippen molar-refractivity contribution in [3.63, 3.8) is 0 Å². The van der Waals surface area contributed by atoms with Gasteiger partial charge < -0.3 is 4.74 Å². The Morgan fingerprint density at radius 1 is 1.00 bits per heavy atom. The summed E-state index contributed by atoms with van der Waals surface area (Å²) in [5, 5.41) is 5.76. The fraction of sp³-hybridized carbons (Fsp3) is 0. The first-order chi connectivity index (χ1) is 12.1. The average Bonchev–Trinajstić information content (AvgIpc) is 3.03. The number of rotatable bonds is 3. The first kappa shape index (κ1) is 15.8. The van der Waals surface area contributed by atoms with Crippen LogP contribution in [0.3, 0.4) is 0 Å². The van der Waals surface area contributed by atoms with Gasteiger partial charge >= 0.3 is 0 Å². The summed E-state index contributed by atoms with van der Waals surface area (Å²) in [6, 6.07) is 10.8. The molecule has 0 aliphatic rings. The molecule has 0 atom stereocenters. The van der Waals surface area contributed by atoms with Gasteiger partial charge in [0.2, 0.25) is 5.88 Å². The maximum absolute atomic E-state index is 13.1. The Morgan fingerprint density at radius 3 is 2.56 bits per heavy atom. The lowest BCUT2D eigenvalue weighted by atomic mass is 10.3. The van der Waals surface area contributed by atoms with Gasteiger partial charge in [0.1, 0.15) is 23.3 Å². The van der Waals surface area contributed by atoms with Crippen LogP contribution in [0.1, 0.15) is 0 Å². The smallest absolute Gasteiger partial charge is 0.233 e. The average molecular weight is 375 g/mol. The van der Waals surface area contributed by atoms with E-state index in [1.165, 1.54) is 18.5 Å². The van der Waals surface area contributed by atoms with Gasteiger partial charge in [-0.05, 0) is 42.5 Å². The first-order valence-corrected chi connectivity index (χ1v) is 7.95. The van der Waals surface area contributed by atoms with E-state index in [2.05, 4.69) is 15.1 Å². The lowest BCUT2D eigenvalue weighted by Crippen LogP contribution is -1.98. The topological polar surface area (TPSA) is 52.8 Å². The van der Waals surface area contributed by atoms with Crippen LogP contribution in [0.15, 0.2) is 55.0 Å². The van der Waals surface area contributed by atoms with Crippen molar-refractivity contribution in [1.82, 2.24) is 19.7 Å². The summed E-state index contributed by atoms with van der Waals surface area (Å²) < 4.78 is 20.5. The second kappa shape index (κ2) is 6.31. The van der Waals surface area contributed by atoms with E-state index in [1.54, 1.807) is 41.2 Å². The van der Waals surface area contributed by atoms with Crippen molar-refractivity contribution in [2.75, 3.05) is 0 Å². The quantitative estimate of drug-likeness (QED) is 0.503. The second-order valence-corrected chi connectivity index (χ2v) is 5.97. The maximum Gasteiger partial charge on any atom is 0.233 e. The number of benzene rings is 2. The fourth-order valence-electron chi connectivity index (χ4n) is 2.34. The standard InChI is InChI=1S/C17H9Cl2FN4O/c18-10-1-6-15(14(19)7-10)25-17-13-8-23-24(16(13)21-9-22-17)12-4-2-11(20)3-5-12/h1-9H. The maximum atomic E-state index is 13.1. The highest BCUT2D eigenvalue weighted by atomic mass is 35.5. The number of halogens is 3. The summed E-state index contributed by atoms with van der Waals surface area (Å²) in [5.74, 6) is 0.402. The third-order valence-corrected chi connectivity index (χ3v) is 4.03. The van der Waals surface area contributed by atoms with Crippen molar-refractivity contribution in [2.45, 2.75) is 0 Å². The minimum absolute atomic E-state index is 0.308. The molecule has 2 heterocycles. The largest absolute Gasteiger partial charge is 0.437 e. The summed E-state index contributed by atoms with van der Waals surface area (Å²) in [4.78, 5) is 8.39. The fourth-order valence-corrected chi connectivity index (χ4v) is 2.78. The number of nitrogens with zero attached hydrogens (tertiary/aromatic N) is 4. The highest BCUT2D eigenvalue weighted by Crippen LogP contribution is 2.33. The molecule has 5 nitrogen and oxygen atoms in total. The van der Waals surface area contributed by atoms with E-state index in [4.69, 9.17) is 27.9 Å². The lowest BCUT2D eigenvalue weighted by Gasteiger charge is -2.08. The van der Waals surface area contributed by atoms with Gasteiger partial charge in [0.05, 0.1) is 16.9 Å². The molecule has 0 saturated heterocycles. The molecule has 0 radical (unpaired) electrons. The van der Waals surface area contributed by atoms with Crippen LogP contribution in [0.5, 0.6) is 11.6 Å². The molecule has 0 fully saturated rings. The Morgan fingerprint density at radius 2 is 1.80 bits per heavy atom. The van der Waals surface area contributed by atoms with Crippen molar-refractivity contribution in [1.29, 1.82) is 0 Å². The molecular weight excluding hydrogens is 366 g/mol. The van der Waals surface area contributed by atoms with Gasteiger partial charge in [-0.15, -0.1) is 0 Å². The SMILES string of the molecule is Fc1ccc(-n2ncc3c(Oc4ccc(Cl)cc4Cl)ncnc32)cc1. The molecule has 0 bridgehead atoms. The third kappa shape index (κ3) is 3.01. The molecule has 0 amide bonds. The van der Waals surface area contributed by atoms with Crippen LogP contribution < -0.4 is 4.74 Å². The van der Waals surface area contributed by atoms with E-state index in [0.717, 1.165) is 0 Å². The monoisotopic (exact) mass is 374 g/mol. The zero-order valence-electron chi connectivity index (χ0n) is 12.5. The molecule has 0 aliphatic carbocycles. The molecule has 0 N–H and O–H groups in total. The number of fused-ring (bicyclic) bond motifs is 1. The Labute approximate surface area is 151 Å². The van der Waals surface area contributed by atoms with Crippen molar-refractivity contribution in [2.24, 2.45) is 0 Å². The van der Waals surface area contributed by atoms with E-state index in [0.29, 0.717) is 38.4 Å². The summed E-state index contributed by atoms with van der Waals surface area (Å²) >= 11 is 12.0. The second-order valence-electron chi connectivity index (χ2n) is 5.13. The molecule has 2 aromatic carbocycles. The molecule has 0 saturated carbocycles. The van der Waals surface area contributed by atoms with Gasteiger partial charge in [0.25, 0.3) is 0 Å². The molecule has 0 spiro atoms. The van der Waals surface area contributed by atoms with Crippen molar-refractivity contribution in [3.8, 4) is 17.3 Å². The van der Waals surface area contributed by atoms with Crippen LogP contribution in [-0.4, -0.2) is 19.7 Å². The van der Waals surface area contributed by atoms with Crippen LogP contribution in [0.2, 0.25) is 10.0 Å². The lowest BCUT2D eigenvalue weighted by molar-refractivity contribution is 0.468. The summed E-state index contributed by atoms with van der Waals surface area (Å²) in [6.45, 7) is 0. The van der Waals surface area contributed by atoms with Crippen LogP contribution in [-0.2, 0) is 0 Å². The molecule has 0 unspecified atom stereocenters. The van der Waals surface area contributed by atoms with E-state index in [1.807, 2.05) is 0 Å². The molecule has 124 valence electrons. The van der Waals surface area contributed by atoms with Crippen LogP contribution in [0.4, 0.5) is 4.39 Å². The summed E-state index contributed by atoms with van der Waals surface area (Å²) in [5.41, 5.74) is 1.20. The predicted molar refractivity (Wildman–Crippen MR) is 93.2 cm³/mol. The number of ether oxygens (including phenoxy) is 1. The normalized spacial score (nSPS) is 11.0. The van der Waals surface area contributed by atoms with Gasteiger partial charge in [-0.2, -0.15) is 5.10 Å². The Bertz CT molecular complexity index is 1070. The number of hydrogen-bond acceptors (Lipinski definition) is 4. The molecule has 2 aromatic heterocycles.